The number of aromatic amines is 1. The van der Waals surface area contributed by atoms with E-state index in [9.17, 15) is 0 Å². The normalized spacial score (nSPS) is 29.0. The first-order chi connectivity index (χ1) is 10.3. The minimum Gasteiger partial charge on any atom is -0.361 e. The summed E-state index contributed by atoms with van der Waals surface area (Å²) >= 11 is 0. The SMILES string of the molecule is CC1([C@@H]2CCN[C@H](c3c[nH]c4ccccc34)C2)OCCO1. The fourth-order valence-corrected chi connectivity index (χ4v) is 3.78. The third-order valence-electron chi connectivity index (χ3n) is 5.00. The zero-order chi connectivity index (χ0) is 14.3. The molecule has 4 rings (SSSR count). The van der Waals surface area contributed by atoms with Crippen molar-refractivity contribution in [2.75, 3.05) is 19.8 Å². The number of piperidine rings is 1. The number of ether oxygens (including phenoxy) is 2. The lowest BCUT2D eigenvalue weighted by Gasteiger charge is -2.38. The van der Waals surface area contributed by atoms with Gasteiger partial charge in [-0.3, -0.25) is 0 Å². The van der Waals surface area contributed by atoms with Crippen LogP contribution in [0.25, 0.3) is 10.9 Å². The van der Waals surface area contributed by atoms with E-state index >= 15 is 0 Å². The second-order valence-electron chi connectivity index (χ2n) is 6.23. The number of aromatic nitrogens is 1. The van der Waals surface area contributed by atoms with E-state index < -0.39 is 5.79 Å². The highest BCUT2D eigenvalue weighted by molar-refractivity contribution is 5.83. The van der Waals surface area contributed by atoms with Crippen molar-refractivity contribution >= 4 is 10.9 Å². The van der Waals surface area contributed by atoms with Crippen molar-refractivity contribution in [1.82, 2.24) is 10.3 Å². The molecule has 4 heteroatoms. The van der Waals surface area contributed by atoms with Crippen LogP contribution in [0, 0.1) is 5.92 Å². The largest absolute Gasteiger partial charge is 0.361 e. The molecule has 2 fully saturated rings. The summed E-state index contributed by atoms with van der Waals surface area (Å²) in [7, 11) is 0. The Morgan fingerprint density at radius 3 is 2.86 bits per heavy atom. The minimum absolute atomic E-state index is 0.365. The van der Waals surface area contributed by atoms with E-state index in [-0.39, 0.29) is 0 Å². The van der Waals surface area contributed by atoms with Gasteiger partial charge in [0.1, 0.15) is 0 Å². The van der Waals surface area contributed by atoms with Gasteiger partial charge in [0, 0.05) is 29.1 Å². The number of hydrogen-bond donors (Lipinski definition) is 2. The van der Waals surface area contributed by atoms with Crippen LogP contribution in [0.4, 0.5) is 0 Å². The average Bonchev–Trinajstić information content (AvgIpc) is 3.15. The topological polar surface area (TPSA) is 46.3 Å². The molecule has 2 N–H and O–H groups in total. The predicted molar refractivity (Wildman–Crippen MR) is 82.1 cm³/mol. The van der Waals surface area contributed by atoms with Crippen LogP contribution >= 0.6 is 0 Å². The molecule has 1 aromatic carbocycles. The van der Waals surface area contributed by atoms with Crippen LogP contribution in [-0.4, -0.2) is 30.5 Å². The molecule has 0 aliphatic carbocycles. The van der Waals surface area contributed by atoms with Crippen molar-refractivity contribution in [3.63, 3.8) is 0 Å². The van der Waals surface area contributed by atoms with Crippen molar-refractivity contribution in [3.05, 3.63) is 36.0 Å². The van der Waals surface area contributed by atoms with Crippen molar-refractivity contribution in [2.45, 2.75) is 31.6 Å². The summed E-state index contributed by atoms with van der Waals surface area (Å²) in [5.41, 5.74) is 2.56. The van der Waals surface area contributed by atoms with Gasteiger partial charge < -0.3 is 19.8 Å². The summed E-state index contributed by atoms with van der Waals surface area (Å²) in [6, 6.07) is 8.86. The number of H-pyrrole nitrogens is 1. The summed E-state index contributed by atoms with van der Waals surface area (Å²) in [4.78, 5) is 3.38. The van der Waals surface area contributed by atoms with Gasteiger partial charge in [0.05, 0.1) is 13.2 Å². The molecule has 0 saturated carbocycles. The Labute approximate surface area is 124 Å². The standard InChI is InChI=1S/C17H22N2O2/c1-17(20-8-9-21-17)12-6-7-18-16(10-12)14-11-19-15-5-3-2-4-13(14)15/h2-5,11-12,16,18-19H,6-10H2,1H3/t12-,16+/m1/s1. The molecule has 3 heterocycles. The molecule has 2 aromatic rings. The number of para-hydroxylation sites is 1. The molecule has 0 amide bonds. The first-order valence-electron chi connectivity index (χ1n) is 7.83. The Morgan fingerprint density at radius 1 is 1.19 bits per heavy atom. The van der Waals surface area contributed by atoms with Gasteiger partial charge in [0.2, 0.25) is 0 Å². The van der Waals surface area contributed by atoms with Gasteiger partial charge in [-0.2, -0.15) is 0 Å². The molecule has 1 aromatic heterocycles. The predicted octanol–water partition coefficient (Wildman–Crippen LogP) is 2.97. The third kappa shape index (κ3) is 2.27. The van der Waals surface area contributed by atoms with Crippen LogP contribution < -0.4 is 5.32 Å². The Hall–Kier alpha value is -1.36. The van der Waals surface area contributed by atoms with Crippen LogP contribution in [0.5, 0.6) is 0 Å². The van der Waals surface area contributed by atoms with Gasteiger partial charge in [-0.25, -0.2) is 0 Å². The zero-order valence-corrected chi connectivity index (χ0v) is 12.4. The summed E-state index contributed by atoms with van der Waals surface area (Å²) in [6.07, 6.45) is 4.30. The van der Waals surface area contributed by atoms with Gasteiger partial charge in [-0.15, -0.1) is 0 Å². The molecule has 0 spiro atoms. The van der Waals surface area contributed by atoms with E-state index in [4.69, 9.17) is 9.47 Å². The van der Waals surface area contributed by atoms with Crippen molar-refractivity contribution < 1.29 is 9.47 Å². The monoisotopic (exact) mass is 286 g/mol. The molecule has 2 atom stereocenters. The van der Waals surface area contributed by atoms with Gasteiger partial charge in [0.25, 0.3) is 0 Å². The first kappa shape index (κ1) is 13.3. The van der Waals surface area contributed by atoms with Crippen LogP contribution in [-0.2, 0) is 9.47 Å². The summed E-state index contributed by atoms with van der Waals surface area (Å²) in [5.74, 6) is 0.0480. The average molecular weight is 286 g/mol. The van der Waals surface area contributed by atoms with Crippen LogP contribution in [0.3, 0.4) is 0 Å². The maximum Gasteiger partial charge on any atom is 0.168 e. The number of fused-ring (bicyclic) bond motifs is 1. The van der Waals surface area contributed by atoms with Gasteiger partial charge >= 0.3 is 0 Å². The molecule has 2 aliphatic rings. The lowest BCUT2D eigenvalue weighted by Crippen LogP contribution is -2.43. The summed E-state index contributed by atoms with van der Waals surface area (Å²) < 4.78 is 11.8. The molecule has 2 aliphatic heterocycles. The molecule has 0 bridgehead atoms. The minimum atomic E-state index is -0.396. The number of benzene rings is 1. The Bertz CT molecular complexity index is 631. The molecular formula is C17H22N2O2. The number of nitrogens with one attached hydrogen (secondary N) is 2. The van der Waals surface area contributed by atoms with Crippen molar-refractivity contribution in [2.24, 2.45) is 5.92 Å². The maximum absolute atomic E-state index is 5.88. The van der Waals surface area contributed by atoms with E-state index in [2.05, 4.69) is 47.7 Å². The third-order valence-corrected chi connectivity index (χ3v) is 5.00. The van der Waals surface area contributed by atoms with E-state index in [0.717, 1.165) is 32.6 Å². The van der Waals surface area contributed by atoms with Crippen molar-refractivity contribution in [1.29, 1.82) is 0 Å². The highest BCUT2D eigenvalue weighted by Crippen LogP contribution is 2.40. The van der Waals surface area contributed by atoms with E-state index in [1.807, 2.05) is 0 Å². The van der Waals surface area contributed by atoms with Crippen LogP contribution in [0.15, 0.2) is 30.5 Å². The Balaban J connectivity index is 1.60. The number of hydrogen-bond acceptors (Lipinski definition) is 3. The van der Waals surface area contributed by atoms with Gasteiger partial charge in [-0.05, 0) is 37.9 Å². The molecule has 21 heavy (non-hydrogen) atoms. The second kappa shape index (κ2) is 5.13. The second-order valence-corrected chi connectivity index (χ2v) is 6.23. The van der Waals surface area contributed by atoms with Crippen LogP contribution in [0.2, 0.25) is 0 Å². The molecular weight excluding hydrogens is 264 g/mol. The first-order valence-corrected chi connectivity index (χ1v) is 7.83. The van der Waals surface area contributed by atoms with Gasteiger partial charge in [0.15, 0.2) is 5.79 Å². The van der Waals surface area contributed by atoms with Crippen molar-refractivity contribution in [3.8, 4) is 0 Å². The summed E-state index contributed by atoms with van der Waals surface area (Å²) in [5, 5.41) is 4.97. The molecule has 112 valence electrons. The lowest BCUT2D eigenvalue weighted by atomic mass is 9.83. The smallest absolute Gasteiger partial charge is 0.168 e. The molecule has 0 radical (unpaired) electrons. The fraction of sp³-hybridized carbons (Fsp3) is 0.529. The summed E-state index contributed by atoms with van der Waals surface area (Å²) in [6.45, 7) is 4.55. The fourth-order valence-electron chi connectivity index (χ4n) is 3.78. The highest BCUT2D eigenvalue weighted by atomic mass is 16.7. The van der Waals surface area contributed by atoms with E-state index in [0.29, 0.717) is 12.0 Å². The lowest BCUT2D eigenvalue weighted by molar-refractivity contribution is -0.189. The maximum atomic E-state index is 5.88. The van der Waals surface area contributed by atoms with E-state index in [1.54, 1.807) is 0 Å². The molecule has 2 saturated heterocycles. The molecule has 0 unspecified atom stereocenters. The van der Waals surface area contributed by atoms with Gasteiger partial charge in [-0.1, -0.05) is 18.2 Å². The van der Waals surface area contributed by atoms with Crippen LogP contribution in [0.1, 0.15) is 31.4 Å². The Kier molecular flexibility index (Phi) is 3.25. The Morgan fingerprint density at radius 2 is 2.00 bits per heavy atom. The number of rotatable bonds is 2. The van der Waals surface area contributed by atoms with E-state index in [1.165, 1.54) is 16.5 Å². The zero-order valence-electron chi connectivity index (χ0n) is 12.4. The highest BCUT2D eigenvalue weighted by Gasteiger charge is 2.42. The quantitative estimate of drug-likeness (QED) is 0.892. The molecule has 4 nitrogen and oxygen atoms in total.